The van der Waals surface area contributed by atoms with Gasteiger partial charge in [0.05, 0.1) is 0 Å². The molecule has 1 aromatic carbocycles. The van der Waals surface area contributed by atoms with Crippen LogP contribution in [0.15, 0.2) is 30.3 Å². The first-order chi connectivity index (χ1) is 15.8. The van der Waals surface area contributed by atoms with Crippen LogP contribution in [0, 0.1) is 49.7 Å². The summed E-state index contributed by atoms with van der Waals surface area (Å²) in [5.74, 6) is 1.70. The van der Waals surface area contributed by atoms with Crippen LogP contribution in [0.3, 0.4) is 0 Å². The van der Waals surface area contributed by atoms with E-state index in [1.165, 1.54) is 50.5 Å². The van der Waals surface area contributed by atoms with Gasteiger partial charge in [-0.2, -0.15) is 0 Å². The summed E-state index contributed by atoms with van der Waals surface area (Å²) in [4.78, 5) is 0.473. The van der Waals surface area contributed by atoms with Crippen molar-refractivity contribution in [2.45, 2.75) is 116 Å². The first kappa shape index (κ1) is 22.9. The molecule has 0 heterocycles. The summed E-state index contributed by atoms with van der Waals surface area (Å²) in [7, 11) is 0. The zero-order valence-electron chi connectivity index (χ0n) is 22.5. The van der Waals surface area contributed by atoms with E-state index in [1.54, 1.807) is 32.1 Å². The molecule has 0 nitrogen and oxygen atoms in total. The Balaban J connectivity index is 1.33. The minimum Gasteiger partial charge on any atom is -0.0836 e. The van der Waals surface area contributed by atoms with Crippen LogP contribution in [0.1, 0.15) is 122 Å². The zero-order valence-corrected chi connectivity index (χ0v) is 24.1. The normalized spacial score (nSPS) is 56.6. The van der Waals surface area contributed by atoms with Gasteiger partial charge < -0.3 is 0 Å². The third kappa shape index (κ3) is 3.01. The van der Waals surface area contributed by atoms with Gasteiger partial charge in [0, 0.05) is 4.83 Å². The predicted molar refractivity (Wildman–Crippen MR) is 146 cm³/mol. The first-order valence-electron chi connectivity index (χ1n) is 14.5. The van der Waals surface area contributed by atoms with Crippen LogP contribution >= 0.6 is 15.9 Å². The molecule has 9 rings (SSSR count). The van der Waals surface area contributed by atoms with E-state index in [-0.39, 0.29) is 0 Å². The Morgan fingerprint density at radius 1 is 0.647 bits per heavy atom. The molecule has 8 bridgehead atoms. The van der Waals surface area contributed by atoms with E-state index in [1.807, 2.05) is 0 Å². The molecule has 0 aromatic heterocycles. The second-order valence-electron chi connectivity index (χ2n) is 16.8. The van der Waals surface area contributed by atoms with Gasteiger partial charge in [-0.15, -0.1) is 0 Å². The van der Waals surface area contributed by atoms with Gasteiger partial charge in [-0.3, -0.25) is 0 Å². The maximum absolute atomic E-state index is 4.28. The quantitative estimate of drug-likeness (QED) is 0.345. The number of hydrogen-bond donors (Lipinski definition) is 0. The molecule has 8 fully saturated rings. The summed E-state index contributed by atoms with van der Waals surface area (Å²) in [6.45, 7) is 13.5. The van der Waals surface area contributed by atoms with E-state index in [4.69, 9.17) is 0 Å². The van der Waals surface area contributed by atoms with Gasteiger partial charge in [0.25, 0.3) is 0 Å². The molecule has 8 saturated carbocycles. The van der Waals surface area contributed by atoms with Crippen LogP contribution in [-0.2, 0) is 0 Å². The molecule has 34 heavy (non-hydrogen) atoms. The smallest absolute Gasteiger partial charge is 0.0426 e. The van der Waals surface area contributed by atoms with E-state index < -0.39 is 0 Å². The fourth-order valence-electron chi connectivity index (χ4n) is 14.1. The fourth-order valence-corrected chi connectivity index (χ4v) is 15.0. The van der Waals surface area contributed by atoms with Crippen LogP contribution in [0.2, 0.25) is 0 Å². The molecule has 186 valence electrons. The van der Waals surface area contributed by atoms with Gasteiger partial charge in [-0.25, -0.2) is 0 Å². The summed E-state index contributed by atoms with van der Waals surface area (Å²) in [5.41, 5.74) is 5.54. The predicted octanol–water partition coefficient (Wildman–Crippen LogP) is 10.1. The molecule has 0 saturated heterocycles. The average molecular weight is 524 g/mol. The molecule has 1 heteroatoms. The number of rotatable bonds is 4. The zero-order chi connectivity index (χ0) is 23.8. The SMILES string of the molecule is CC(C(Br)c1ccccc1)C12CC3(C)CC(C)(C1)CC(C14CC5CC(C)(CC(C)(C5)C1)C4)(C3)C2. The summed E-state index contributed by atoms with van der Waals surface area (Å²) < 4.78 is 0. The van der Waals surface area contributed by atoms with Crippen LogP contribution in [0.4, 0.5) is 0 Å². The average Bonchev–Trinajstić information content (AvgIpc) is 2.68. The minimum absolute atomic E-state index is 0.473. The first-order valence-corrected chi connectivity index (χ1v) is 15.4. The van der Waals surface area contributed by atoms with Crippen LogP contribution in [-0.4, -0.2) is 0 Å². The molecule has 0 radical (unpaired) electrons. The lowest BCUT2D eigenvalue weighted by atomic mass is 9.26. The van der Waals surface area contributed by atoms with E-state index in [9.17, 15) is 0 Å². The number of alkyl halides is 1. The Morgan fingerprint density at radius 3 is 1.74 bits per heavy atom. The third-order valence-electron chi connectivity index (χ3n) is 12.9. The highest BCUT2D eigenvalue weighted by Gasteiger charge is 2.74. The van der Waals surface area contributed by atoms with Crippen LogP contribution in [0.5, 0.6) is 0 Å². The second kappa shape index (κ2) is 6.57. The van der Waals surface area contributed by atoms with E-state index >= 15 is 0 Å². The Labute approximate surface area is 217 Å². The fraction of sp³-hybridized carbons (Fsp3) is 0.818. The van der Waals surface area contributed by atoms with Gasteiger partial charge in [-0.05, 0) is 132 Å². The Morgan fingerprint density at radius 2 is 1.18 bits per heavy atom. The molecule has 0 spiro atoms. The highest BCUT2D eigenvalue weighted by atomic mass is 79.9. The highest BCUT2D eigenvalue weighted by Crippen LogP contribution is 2.84. The third-order valence-corrected chi connectivity index (χ3v) is 14.2. The molecule has 6 unspecified atom stereocenters. The lowest BCUT2D eigenvalue weighted by Gasteiger charge is -2.79. The van der Waals surface area contributed by atoms with Gasteiger partial charge >= 0.3 is 0 Å². The molecule has 0 N–H and O–H groups in total. The molecular formula is C33H47Br. The Kier molecular flexibility index (Phi) is 4.42. The highest BCUT2D eigenvalue weighted by molar-refractivity contribution is 9.09. The van der Waals surface area contributed by atoms with Gasteiger partial charge in [0.1, 0.15) is 0 Å². The maximum Gasteiger partial charge on any atom is 0.0426 e. The monoisotopic (exact) mass is 522 g/mol. The van der Waals surface area contributed by atoms with Crippen molar-refractivity contribution in [1.82, 2.24) is 0 Å². The topological polar surface area (TPSA) is 0 Å². The van der Waals surface area contributed by atoms with Gasteiger partial charge in [0.15, 0.2) is 0 Å². The van der Waals surface area contributed by atoms with Crippen molar-refractivity contribution < 1.29 is 0 Å². The van der Waals surface area contributed by atoms with E-state index in [2.05, 4.69) is 80.9 Å². The largest absolute Gasteiger partial charge is 0.0836 e. The molecule has 0 aliphatic heterocycles. The molecule has 6 atom stereocenters. The lowest BCUT2D eigenvalue weighted by molar-refractivity contribution is -0.290. The maximum atomic E-state index is 4.28. The second-order valence-corrected chi connectivity index (χ2v) is 17.8. The van der Waals surface area contributed by atoms with Crippen molar-refractivity contribution in [3.63, 3.8) is 0 Å². The van der Waals surface area contributed by atoms with Crippen molar-refractivity contribution in [2.75, 3.05) is 0 Å². The molecule has 1 aromatic rings. The standard InChI is InChI=1S/C33H47Br/c1-23(26(34)25-9-7-6-8-10-25)31-16-29(4)15-30(5,17-31)21-33(20-29,22-31)32-13-24-11-27(2,18-32)14-28(3,12-24)19-32/h6-10,23-24,26H,11-22H2,1-5H3. The summed E-state index contributed by atoms with van der Waals surface area (Å²) >= 11 is 4.28. The number of halogens is 1. The van der Waals surface area contributed by atoms with Crippen molar-refractivity contribution in [3.8, 4) is 0 Å². The van der Waals surface area contributed by atoms with Crippen molar-refractivity contribution >= 4 is 15.9 Å². The summed E-state index contributed by atoms with van der Waals surface area (Å²) in [5, 5.41) is 0. The van der Waals surface area contributed by atoms with E-state index in [0.29, 0.717) is 48.7 Å². The van der Waals surface area contributed by atoms with Crippen molar-refractivity contribution in [1.29, 1.82) is 0 Å². The Hall–Kier alpha value is -0.300. The van der Waals surface area contributed by atoms with Crippen LogP contribution < -0.4 is 0 Å². The van der Waals surface area contributed by atoms with Gasteiger partial charge in [0.2, 0.25) is 0 Å². The molecule has 8 aliphatic carbocycles. The molecule has 0 amide bonds. The summed E-state index contributed by atoms with van der Waals surface area (Å²) in [6.07, 6.45) is 18.3. The summed E-state index contributed by atoms with van der Waals surface area (Å²) in [6, 6.07) is 11.4. The van der Waals surface area contributed by atoms with Crippen molar-refractivity contribution in [3.05, 3.63) is 35.9 Å². The Bertz CT molecular complexity index is 971. The molecule has 8 aliphatic rings. The van der Waals surface area contributed by atoms with E-state index in [0.717, 1.165) is 5.92 Å². The number of hydrogen-bond acceptors (Lipinski definition) is 0. The molecular weight excluding hydrogens is 476 g/mol. The lowest BCUT2D eigenvalue weighted by Crippen LogP contribution is -2.69. The minimum atomic E-state index is 0.473. The van der Waals surface area contributed by atoms with Gasteiger partial charge in [-0.1, -0.05) is 80.9 Å². The van der Waals surface area contributed by atoms with Crippen LogP contribution in [0.25, 0.3) is 0 Å². The van der Waals surface area contributed by atoms with Crippen molar-refractivity contribution in [2.24, 2.45) is 49.7 Å². The number of benzene rings is 1.